The van der Waals surface area contributed by atoms with Gasteiger partial charge in [0.05, 0.1) is 6.67 Å². The van der Waals surface area contributed by atoms with E-state index >= 15 is 0 Å². The molecule has 1 saturated heterocycles. The van der Waals surface area contributed by atoms with Gasteiger partial charge in [-0.25, -0.2) is 0 Å². The topological polar surface area (TPSA) is 49.9 Å². The average Bonchev–Trinajstić information content (AvgIpc) is 2.44. The number of aliphatic imine (C=N–C) groups is 1. The van der Waals surface area contributed by atoms with Gasteiger partial charge in [0, 0.05) is 11.8 Å². The first kappa shape index (κ1) is 15.6. The molecule has 1 aromatic carbocycles. The van der Waals surface area contributed by atoms with Gasteiger partial charge < -0.3 is 10.4 Å². The molecule has 0 aliphatic carbocycles. The summed E-state index contributed by atoms with van der Waals surface area (Å²) in [6.45, 7) is 4.47. The molecule has 18 heavy (non-hydrogen) atoms. The van der Waals surface area contributed by atoms with E-state index in [4.69, 9.17) is 9.69 Å². The van der Waals surface area contributed by atoms with Gasteiger partial charge in [-0.1, -0.05) is 12.1 Å². The molecule has 0 spiro atoms. The number of hydrogen-bond acceptors (Lipinski definition) is 3. The SMILES string of the molecule is Oc1ccccc1C=NCN1CC[N-]CC1.[Cl][Zn+]. The zero-order chi connectivity index (χ0) is 13.2. The number of rotatable bonds is 3. The minimum absolute atomic E-state index is 0.278. The molecule has 0 aromatic heterocycles. The maximum atomic E-state index is 9.53. The van der Waals surface area contributed by atoms with E-state index in [1.54, 1.807) is 18.3 Å². The Balaban J connectivity index is 0.000000771. The van der Waals surface area contributed by atoms with Crippen LogP contribution in [0.15, 0.2) is 29.3 Å². The Morgan fingerprint density at radius 3 is 2.67 bits per heavy atom. The predicted octanol–water partition coefficient (Wildman–Crippen LogP) is 2.14. The van der Waals surface area contributed by atoms with Crippen LogP contribution in [0.5, 0.6) is 5.75 Å². The number of aromatic hydroxyl groups is 1. The third-order valence-electron chi connectivity index (χ3n) is 2.60. The van der Waals surface area contributed by atoms with Gasteiger partial charge in [-0.15, -0.1) is 13.1 Å². The van der Waals surface area contributed by atoms with Crippen LogP contribution in [0.3, 0.4) is 0 Å². The van der Waals surface area contributed by atoms with E-state index in [1.165, 1.54) is 0 Å². The Hall–Kier alpha value is -0.477. The Bertz CT molecular complexity index is 370. The number of nitrogens with zero attached hydrogens (tertiary/aromatic N) is 3. The number of phenols is 1. The second-order valence-electron chi connectivity index (χ2n) is 3.80. The first-order valence-electron chi connectivity index (χ1n) is 5.76. The van der Waals surface area contributed by atoms with Crippen molar-refractivity contribution < 1.29 is 22.4 Å². The molecule has 0 unspecified atom stereocenters. The van der Waals surface area contributed by atoms with Crippen LogP contribution >= 0.6 is 9.69 Å². The summed E-state index contributed by atoms with van der Waals surface area (Å²) in [5.41, 5.74) is 0.768. The second-order valence-corrected chi connectivity index (χ2v) is 3.80. The maximum absolute atomic E-state index is 9.53. The standard InChI is InChI=1S/C12H16N3O.ClH.Zn/c16-12-4-2-1-3-11(12)9-14-10-15-7-5-13-6-8-15;;/h1-4,9,16H,5-8,10H2;1H;/q-1;;+2/p-1. The molecule has 1 aliphatic heterocycles. The van der Waals surface area contributed by atoms with Crippen molar-refractivity contribution in [1.29, 1.82) is 0 Å². The molecule has 0 saturated carbocycles. The number of phenolic OH excluding ortho intramolecular Hbond substituents is 1. The first-order chi connectivity index (χ1) is 8.86. The molecule has 1 fully saturated rings. The Kier molecular flexibility index (Phi) is 8.18. The summed E-state index contributed by atoms with van der Waals surface area (Å²) in [5, 5.41) is 13.8. The molecule has 0 bridgehead atoms. The number of hydrogen-bond donors (Lipinski definition) is 1. The van der Waals surface area contributed by atoms with Crippen molar-refractivity contribution in [3.63, 3.8) is 0 Å². The molecule has 2 rings (SSSR count). The molecule has 0 radical (unpaired) electrons. The minimum atomic E-state index is 0.278. The normalized spacial score (nSPS) is 16.4. The third-order valence-corrected chi connectivity index (χ3v) is 2.60. The van der Waals surface area contributed by atoms with Crippen molar-refractivity contribution in [2.75, 3.05) is 32.8 Å². The second kappa shape index (κ2) is 9.45. The quantitative estimate of drug-likeness (QED) is 0.685. The molecule has 1 N–H and O–H groups in total. The first-order valence-corrected chi connectivity index (χ1v) is 9.66. The van der Waals surface area contributed by atoms with Gasteiger partial charge in [0.15, 0.2) is 0 Å². The van der Waals surface area contributed by atoms with E-state index in [0.29, 0.717) is 6.67 Å². The van der Waals surface area contributed by atoms with Gasteiger partial charge in [-0.05, 0) is 25.2 Å². The molecule has 94 valence electrons. The van der Waals surface area contributed by atoms with Crippen LogP contribution in [-0.4, -0.2) is 49.1 Å². The van der Waals surface area contributed by atoms with Crippen LogP contribution in [0.2, 0.25) is 0 Å². The monoisotopic (exact) mass is 317 g/mol. The van der Waals surface area contributed by atoms with Crippen LogP contribution in [0.1, 0.15) is 5.56 Å². The molecular formula is C12H16ClN3OZn. The van der Waals surface area contributed by atoms with Crippen molar-refractivity contribution in [3.8, 4) is 5.75 Å². The summed E-state index contributed by atoms with van der Waals surface area (Å²) in [4.78, 5) is 6.58. The molecule has 1 heterocycles. The van der Waals surface area contributed by atoms with Crippen molar-refractivity contribution in [1.82, 2.24) is 4.90 Å². The van der Waals surface area contributed by atoms with Crippen molar-refractivity contribution >= 4 is 15.9 Å². The van der Waals surface area contributed by atoms with Gasteiger partial charge in [0.2, 0.25) is 0 Å². The van der Waals surface area contributed by atoms with Crippen LogP contribution in [0.25, 0.3) is 5.32 Å². The molecule has 4 nitrogen and oxygen atoms in total. The zero-order valence-corrected chi connectivity index (χ0v) is 14.0. The molecule has 0 amide bonds. The van der Waals surface area contributed by atoms with E-state index in [1.807, 2.05) is 12.1 Å². The van der Waals surface area contributed by atoms with Crippen LogP contribution in [-0.2, 0) is 17.3 Å². The zero-order valence-electron chi connectivity index (χ0n) is 10.3. The third kappa shape index (κ3) is 5.44. The fourth-order valence-electron chi connectivity index (χ4n) is 1.64. The summed E-state index contributed by atoms with van der Waals surface area (Å²) >= 11 is 0.847. The molecule has 1 aliphatic rings. The van der Waals surface area contributed by atoms with Crippen LogP contribution < -0.4 is 0 Å². The van der Waals surface area contributed by atoms with E-state index in [9.17, 15) is 5.11 Å². The van der Waals surface area contributed by atoms with Crippen molar-refractivity contribution in [2.24, 2.45) is 4.99 Å². The van der Waals surface area contributed by atoms with Gasteiger partial charge in [-0.2, -0.15) is 0 Å². The number of piperazine rings is 1. The fraction of sp³-hybridized carbons (Fsp3) is 0.417. The Morgan fingerprint density at radius 1 is 1.33 bits per heavy atom. The predicted molar refractivity (Wildman–Crippen MR) is 71.1 cm³/mol. The van der Waals surface area contributed by atoms with Crippen LogP contribution in [0.4, 0.5) is 0 Å². The molecule has 1 aromatic rings. The number of benzene rings is 1. The van der Waals surface area contributed by atoms with Crippen molar-refractivity contribution in [2.45, 2.75) is 0 Å². The summed E-state index contributed by atoms with van der Waals surface area (Å²) in [6.07, 6.45) is 1.72. The van der Waals surface area contributed by atoms with Crippen LogP contribution in [0, 0.1) is 0 Å². The van der Waals surface area contributed by atoms with Gasteiger partial charge >= 0.3 is 27.0 Å². The Labute approximate surface area is 122 Å². The van der Waals surface area contributed by atoms with E-state index in [2.05, 4.69) is 15.2 Å². The van der Waals surface area contributed by atoms with E-state index in [-0.39, 0.29) is 5.75 Å². The average molecular weight is 319 g/mol. The number of para-hydroxylation sites is 1. The summed E-state index contributed by atoms with van der Waals surface area (Å²) in [5.74, 6) is 0.278. The Morgan fingerprint density at radius 2 is 2.00 bits per heavy atom. The molecule has 6 heteroatoms. The fourth-order valence-corrected chi connectivity index (χ4v) is 1.64. The molecule has 0 atom stereocenters. The van der Waals surface area contributed by atoms with Crippen molar-refractivity contribution in [3.05, 3.63) is 35.1 Å². The van der Waals surface area contributed by atoms with Gasteiger partial charge in [0.1, 0.15) is 5.75 Å². The summed E-state index contributed by atoms with van der Waals surface area (Å²) < 4.78 is 0. The summed E-state index contributed by atoms with van der Waals surface area (Å²) in [7, 11) is 4.76. The van der Waals surface area contributed by atoms with E-state index < -0.39 is 0 Å². The van der Waals surface area contributed by atoms with Gasteiger partial charge in [0.25, 0.3) is 0 Å². The molecular weight excluding hydrogens is 303 g/mol. The van der Waals surface area contributed by atoms with Gasteiger partial charge in [-0.3, -0.25) is 9.89 Å². The number of halogens is 1. The van der Waals surface area contributed by atoms with E-state index in [0.717, 1.165) is 49.1 Å². The summed E-state index contributed by atoms with van der Waals surface area (Å²) in [6, 6.07) is 7.21.